The number of hydrogen-bond acceptors (Lipinski definition) is 5. The minimum atomic E-state index is -3.41. The third-order valence-electron chi connectivity index (χ3n) is 4.33. The van der Waals surface area contributed by atoms with Crippen molar-refractivity contribution in [3.63, 3.8) is 0 Å². The largest absolute Gasteiger partial charge is 0.443 e. The van der Waals surface area contributed by atoms with Gasteiger partial charge in [-0.25, -0.2) is 23.1 Å². The summed E-state index contributed by atoms with van der Waals surface area (Å²) in [5, 5.41) is 6.41. The molecule has 1 aromatic heterocycles. The van der Waals surface area contributed by atoms with Gasteiger partial charge in [0.2, 0.25) is 15.9 Å². The van der Waals surface area contributed by atoms with Gasteiger partial charge in [0.25, 0.3) is 0 Å². The van der Waals surface area contributed by atoms with Crippen LogP contribution in [0.1, 0.15) is 64.3 Å². The van der Waals surface area contributed by atoms with Gasteiger partial charge in [0.05, 0.1) is 25.0 Å². The zero-order valence-electron chi connectivity index (χ0n) is 19.7. The van der Waals surface area contributed by atoms with Crippen molar-refractivity contribution in [1.29, 1.82) is 0 Å². The highest BCUT2D eigenvalue weighted by Crippen LogP contribution is 2.22. The lowest BCUT2D eigenvalue weighted by molar-refractivity contribution is 0.379. The Kier molecular flexibility index (Phi) is 11.1. The number of guanidine groups is 1. The van der Waals surface area contributed by atoms with Crippen LogP contribution in [-0.4, -0.2) is 31.9 Å². The van der Waals surface area contributed by atoms with Gasteiger partial charge in [0, 0.05) is 18.0 Å². The third kappa shape index (κ3) is 9.45. The second-order valence-electron chi connectivity index (χ2n) is 8.72. The van der Waals surface area contributed by atoms with Crippen molar-refractivity contribution in [2.75, 3.05) is 6.54 Å². The maximum absolute atomic E-state index is 12.3. The first-order chi connectivity index (χ1) is 14.5. The van der Waals surface area contributed by atoms with Crippen LogP contribution in [0.3, 0.4) is 0 Å². The third-order valence-corrected chi connectivity index (χ3v) is 5.85. The average Bonchev–Trinajstić information content (AvgIpc) is 3.13. The van der Waals surface area contributed by atoms with Crippen LogP contribution in [0.25, 0.3) is 0 Å². The molecule has 2 rings (SSSR count). The highest BCUT2D eigenvalue weighted by Gasteiger charge is 2.19. The maximum atomic E-state index is 12.3. The van der Waals surface area contributed by atoms with Crippen LogP contribution in [-0.2, 0) is 34.3 Å². The smallest absolute Gasteiger partial charge is 0.216 e. The molecule has 0 bridgehead atoms. The van der Waals surface area contributed by atoms with E-state index in [0.717, 1.165) is 16.9 Å². The van der Waals surface area contributed by atoms with Gasteiger partial charge >= 0.3 is 0 Å². The van der Waals surface area contributed by atoms with Crippen molar-refractivity contribution in [3.05, 3.63) is 53.2 Å². The standard InChI is InChI=1S/C22H35N5O3S.HI/c1-7-23-21(26-14-20-24-13-19(30-20)22(4,5)6)25-12-17-10-8-9-11-18(17)15-31(28,29)27-16(2)3;/h8-11,13,16,27H,7,12,14-15H2,1-6H3,(H2,23,25,26);1H. The van der Waals surface area contributed by atoms with Gasteiger partial charge in [-0.3, -0.25) is 0 Å². The molecule has 0 unspecified atom stereocenters. The van der Waals surface area contributed by atoms with Crippen LogP contribution in [0, 0.1) is 0 Å². The van der Waals surface area contributed by atoms with E-state index in [1.807, 2.05) is 31.2 Å². The van der Waals surface area contributed by atoms with Gasteiger partial charge in [-0.05, 0) is 31.9 Å². The fourth-order valence-electron chi connectivity index (χ4n) is 2.86. The molecule has 0 saturated heterocycles. The second kappa shape index (κ2) is 12.5. The number of sulfonamides is 1. The fraction of sp³-hybridized carbons (Fsp3) is 0.545. The molecule has 10 heteroatoms. The molecule has 0 aliphatic rings. The number of hydrogen-bond donors (Lipinski definition) is 3. The number of halogens is 1. The van der Waals surface area contributed by atoms with Crippen LogP contribution >= 0.6 is 24.0 Å². The summed E-state index contributed by atoms with van der Waals surface area (Å²) in [5.41, 5.74) is 1.50. The Morgan fingerprint density at radius 2 is 1.81 bits per heavy atom. The molecule has 32 heavy (non-hydrogen) atoms. The van der Waals surface area contributed by atoms with E-state index in [-0.39, 0.29) is 41.2 Å². The van der Waals surface area contributed by atoms with E-state index in [4.69, 9.17) is 4.42 Å². The van der Waals surface area contributed by atoms with Gasteiger partial charge in [-0.1, -0.05) is 45.0 Å². The Bertz CT molecular complexity index is 981. The van der Waals surface area contributed by atoms with E-state index in [0.29, 0.717) is 31.5 Å². The summed E-state index contributed by atoms with van der Waals surface area (Å²) in [4.78, 5) is 8.94. The van der Waals surface area contributed by atoms with Crippen molar-refractivity contribution in [3.8, 4) is 0 Å². The summed E-state index contributed by atoms with van der Waals surface area (Å²) in [6, 6.07) is 7.31. The summed E-state index contributed by atoms with van der Waals surface area (Å²) in [7, 11) is -3.41. The Labute approximate surface area is 209 Å². The Hall–Kier alpha value is -1.66. The number of oxazole rings is 1. The van der Waals surface area contributed by atoms with Gasteiger partial charge < -0.3 is 15.1 Å². The van der Waals surface area contributed by atoms with Crippen molar-refractivity contribution in [2.24, 2.45) is 4.99 Å². The van der Waals surface area contributed by atoms with Crippen LogP contribution in [0.2, 0.25) is 0 Å². The second-order valence-corrected chi connectivity index (χ2v) is 10.5. The first kappa shape index (κ1) is 28.4. The zero-order chi connectivity index (χ0) is 23.1. The van der Waals surface area contributed by atoms with Crippen LogP contribution in [0.15, 0.2) is 39.9 Å². The molecule has 0 fully saturated rings. The van der Waals surface area contributed by atoms with Crippen molar-refractivity contribution in [1.82, 2.24) is 20.3 Å². The number of rotatable bonds is 9. The monoisotopic (exact) mass is 577 g/mol. The normalized spacial score (nSPS) is 12.5. The number of nitrogens with zero attached hydrogens (tertiary/aromatic N) is 2. The first-order valence-corrected chi connectivity index (χ1v) is 12.2. The lowest BCUT2D eigenvalue weighted by atomic mass is 9.94. The SMILES string of the molecule is CCNC(=NCc1ccccc1CS(=O)(=O)NC(C)C)NCc1ncc(C(C)(C)C)o1.I. The van der Waals surface area contributed by atoms with Gasteiger partial charge in [-0.15, -0.1) is 24.0 Å². The van der Waals surface area contributed by atoms with Crippen LogP contribution < -0.4 is 15.4 Å². The quantitative estimate of drug-likeness (QED) is 0.239. The highest BCUT2D eigenvalue weighted by atomic mass is 127. The topological polar surface area (TPSA) is 109 Å². The predicted octanol–water partition coefficient (Wildman–Crippen LogP) is 3.67. The molecule has 8 nitrogen and oxygen atoms in total. The summed E-state index contributed by atoms with van der Waals surface area (Å²) in [6.45, 7) is 13.3. The number of aliphatic imine (C=N–C) groups is 1. The molecule has 0 amide bonds. The van der Waals surface area contributed by atoms with Gasteiger partial charge in [0.15, 0.2) is 5.96 Å². The van der Waals surface area contributed by atoms with E-state index >= 15 is 0 Å². The molecule has 3 N–H and O–H groups in total. The minimum Gasteiger partial charge on any atom is -0.443 e. The van der Waals surface area contributed by atoms with Gasteiger partial charge in [-0.2, -0.15) is 0 Å². The highest BCUT2D eigenvalue weighted by molar-refractivity contribution is 14.0. The van der Waals surface area contributed by atoms with Crippen LogP contribution in [0.4, 0.5) is 0 Å². The number of nitrogens with one attached hydrogen (secondary N) is 3. The van der Waals surface area contributed by atoms with E-state index < -0.39 is 10.0 Å². The molecule has 0 aliphatic heterocycles. The van der Waals surface area contributed by atoms with Crippen LogP contribution in [0.5, 0.6) is 0 Å². The molecule has 180 valence electrons. The van der Waals surface area contributed by atoms with Crippen molar-refractivity contribution >= 4 is 40.0 Å². The number of aromatic nitrogens is 1. The Morgan fingerprint density at radius 3 is 2.38 bits per heavy atom. The zero-order valence-corrected chi connectivity index (χ0v) is 22.9. The Balaban J connectivity index is 0.00000512. The van der Waals surface area contributed by atoms with Crippen molar-refractivity contribution in [2.45, 2.75) is 71.8 Å². The van der Waals surface area contributed by atoms with Gasteiger partial charge in [0.1, 0.15) is 5.76 Å². The predicted molar refractivity (Wildman–Crippen MR) is 140 cm³/mol. The molecular weight excluding hydrogens is 541 g/mol. The fourth-order valence-corrected chi connectivity index (χ4v) is 4.35. The molecule has 0 spiro atoms. The lowest BCUT2D eigenvalue weighted by Crippen LogP contribution is -2.37. The summed E-state index contributed by atoms with van der Waals surface area (Å²) in [5.74, 6) is 1.95. The summed E-state index contributed by atoms with van der Waals surface area (Å²) < 4.78 is 33.1. The van der Waals surface area contributed by atoms with E-state index in [1.54, 1.807) is 20.0 Å². The lowest BCUT2D eigenvalue weighted by Gasteiger charge is -2.14. The molecule has 2 aromatic rings. The van der Waals surface area contributed by atoms with E-state index in [1.165, 1.54) is 0 Å². The average molecular weight is 578 g/mol. The minimum absolute atomic E-state index is 0. The first-order valence-electron chi connectivity index (χ1n) is 10.5. The molecule has 0 radical (unpaired) electrons. The van der Waals surface area contributed by atoms with E-state index in [9.17, 15) is 8.42 Å². The molecule has 1 heterocycles. The van der Waals surface area contributed by atoms with E-state index in [2.05, 4.69) is 46.1 Å². The summed E-state index contributed by atoms with van der Waals surface area (Å²) >= 11 is 0. The molecule has 0 aliphatic carbocycles. The molecule has 0 saturated carbocycles. The molecular formula is C22H36IN5O3S. The summed E-state index contributed by atoms with van der Waals surface area (Å²) in [6.07, 6.45) is 1.75. The maximum Gasteiger partial charge on any atom is 0.216 e. The molecule has 1 aromatic carbocycles. The molecule has 0 atom stereocenters. The number of benzene rings is 1. The van der Waals surface area contributed by atoms with Crippen molar-refractivity contribution < 1.29 is 12.8 Å². The Morgan fingerprint density at radius 1 is 1.16 bits per heavy atom.